The van der Waals surface area contributed by atoms with Crippen LogP contribution in [0.25, 0.3) is 0 Å². The van der Waals surface area contributed by atoms with Crippen LogP contribution in [0, 0.1) is 5.92 Å². The van der Waals surface area contributed by atoms with Gasteiger partial charge >= 0.3 is 0 Å². The minimum Gasteiger partial charge on any atom is -0.383 e. The highest BCUT2D eigenvalue weighted by Crippen LogP contribution is 2.33. The van der Waals surface area contributed by atoms with Crippen molar-refractivity contribution in [3.8, 4) is 0 Å². The summed E-state index contributed by atoms with van der Waals surface area (Å²) in [6.07, 6.45) is 1.19. The molecule has 3 nitrogen and oxygen atoms in total. The van der Waals surface area contributed by atoms with Crippen LogP contribution in [0.15, 0.2) is 35.5 Å². The van der Waals surface area contributed by atoms with Gasteiger partial charge in [0.2, 0.25) is 0 Å². The molecular formula is C12H11NO2. The van der Waals surface area contributed by atoms with E-state index in [2.05, 4.69) is 5.16 Å². The minimum absolute atomic E-state index is 0.180. The summed E-state index contributed by atoms with van der Waals surface area (Å²) in [5, 5.41) is 4.04. The molecule has 1 fully saturated rings. The van der Waals surface area contributed by atoms with Crippen molar-refractivity contribution in [3.63, 3.8) is 0 Å². The van der Waals surface area contributed by atoms with Crippen LogP contribution >= 0.6 is 0 Å². The second-order valence-electron chi connectivity index (χ2n) is 3.98. The molecular weight excluding hydrogens is 190 g/mol. The Morgan fingerprint density at radius 1 is 1.27 bits per heavy atom. The molecule has 0 amide bonds. The maximum Gasteiger partial charge on any atom is 0.193 e. The summed E-state index contributed by atoms with van der Waals surface area (Å²) in [5.74, 6) is 0.370. The fourth-order valence-corrected chi connectivity index (χ4v) is 2.29. The molecule has 0 N–H and O–H groups in total. The highest BCUT2D eigenvalue weighted by atomic mass is 16.6. The zero-order valence-corrected chi connectivity index (χ0v) is 8.22. The topological polar surface area (TPSA) is 38.7 Å². The van der Waals surface area contributed by atoms with E-state index >= 15 is 0 Å². The summed E-state index contributed by atoms with van der Waals surface area (Å²) in [6, 6.07) is 9.93. The van der Waals surface area contributed by atoms with Gasteiger partial charge in [-0.15, -0.1) is 0 Å². The van der Waals surface area contributed by atoms with E-state index in [1.807, 2.05) is 30.3 Å². The lowest BCUT2D eigenvalue weighted by Gasteiger charge is -2.07. The third kappa shape index (κ3) is 1.27. The average Bonchev–Trinajstić information content (AvgIpc) is 2.83. The smallest absolute Gasteiger partial charge is 0.193 e. The summed E-state index contributed by atoms with van der Waals surface area (Å²) >= 11 is 0. The maximum absolute atomic E-state index is 11.4. The molecule has 1 heterocycles. The number of carbonyl (C=O) groups is 1. The first-order valence-corrected chi connectivity index (χ1v) is 5.18. The molecule has 2 atom stereocenters. The first-order valence-electron chi connectivity index (χ1n) is 5.18. The summed E-state index contributed by atoms with van der Waals surface area (Å²) in [6.45, 7) is 0. The zero-order chi connectivity index (χ0) is 10.3. The molecule has 0 saturated heterocycles. The Hall–Kier alpha value is -1.64. The van der Waals surface area contributed by atoms with Gasteiger partial charge in [0, 0.05) is 6.42 Å². The number of carbonyl (C=O) groups excluding carboxylic acids is 1. The number of hydrogen-bond donors (Lipinski definition) is 0. The van der Waals surface area contributed by atoms with Gasteiger partial charge in [0.15, 0.2) is 11.9 Å². The van der Waals surface area contributed by atoms with Gasteiger partial charge in [-0.1, -0.05) is 35.5 Å². The van der Waals surface area contributed by atoms with Gasteiger partial charge in [-0.2, -0.15) is 0 Å². The van der Waals surface area contributed by atoms with E-state index in [-0.39, 0.29) is 17.8 Å². The van der Waals surface area contributed by atoms with Crippen LogP contribution in [0.5, 0.6) is 0 Å². The maximum atomic E-state index is 11.4. The number of ketones is 1. The van der Waals surface area contributed by atoms with Crippen molar-refractivity contribution in [1.82, 2.24) is 0 Å². The molecule has 0 spiro atoms. The standard InChI is InChI=1S/C12H11NO2/c14-10-7-6-9-11(13-15-12(9)10)8-4-2-1-3-5-8/h1-5,9,12H,6-7H2/t9-,12+/m1/s1. The van der Waals surface area contributed by atoms with Gasteiger partial charge in [0.1, 0.15) is 0 Å². The number of nitrogens with zero attached hydrogens (tertiary/aromatic N) is 1. The molecule has 2 aliphatic rings. The number of rotatable bonds is 1. The lowest BCUT2D eigenvalue weighted by molar-refractivity contribution is -0.126. The summed E-state index contributed by atoms with van der Waals surface area (Å²) in [7, 11) is 0. The number of benzene rings is 1. The first kappa shape index (κ1) is 8.65. The third-order valence-corrected chi connectivity index (χ3v) is 3.07. The van der Waals surface area contributed by atoms with Crippen LogP contribution in [-0.4, -0.2) is 17.6 Å². The largest absolute Gasteiger partial charge is 0.383 e. The molecule has 0 unspecified atom stereocenters. The first-order chi connectivity index (χ1) is 7.36. The van der Waals surface area contributed by atoms with E-state index < -0.39 is 0 Å². The molecule has 1 aliphatic carbocycles. The van der Waals surface area contributed by atoms with Crippen molar-refractivity contribution in [3.05, 3.63) is 35.9 Å². The number of oxime groups is 1. The van der Waals surface area contributed by atoms with E-state index in [1.165, 1.54) is 0 Å². The molecule has 1 saturated carbocycles. The van der Waals surface area contributed by atoms with Crippen LogP contribution in [0.4, 0.5) is 0 Å². The number of Topliss-reactive ketones (excluding diaryl/α,β-unsaturated/α-hetero) is 1. The van der Waals surface area contributed by atoms with Crippen molar-refractivity contribution in [2.45, 2.75) is 18.9 Å². The molecule has 3 rings (SSSR count). The summed E-state index contributed by atoms with van der Waals surface area (Å²) in [5.41, 5.74) is 2.01. The van der Waals surface area contributed by atoms with Gasteiger partial charge in [-0.25, -0.2) is 0 Å². The molecule has 0 radical (unpaired) electrons. The van der Waals surface area contributed by atoms with Gasteiger partial charge in [0.25, 0.3) is 0 Å². The van der Waals surface area contributed by atoms with Crippen molar-refractivity contribution in [1.29, 1.82) is 0 Å². The van der Waals surface area contributed by atoms with Crippen LogP contribution in [0.2, 0.25) is 0 Å². The fourth-order valence-electron chi connectivity index (χ4n) is 2.29. The number of fused-ring (bicyclic) bond motifs is 1. The van der Waals surface area contributed by atoms with Gasteiger partial charge in [-0.05, 0) is 12.0 Å². The van der Waals surface area contributed by atoms with Gasteiger partial charge in [-0.3, -0.25) is 4.79 Å². The predicted molar refractivity (Wildman–Crippen MR) is 55.6 cm³/mol. The zero-order valence-electron chi connectivity index (χ0n) is 8.22. The van der Waals surface area contributed by atoms with Gasteiger partial charge in [0.05, 0.1) is 11.6 Å². The van der Waals surface area contributed by atoms with Crippen molar-refractivity contribution >= 4 is 11.5 Å². The lowest BCUT2D eigenvalue weighted by Crippen LogP contribution is -2.22. The molecule has 1 aromatic rings. The van der Waals surface area contributed by atoms with Crippen molar-refractivity contribution in [2.24, 2.45) is 11.1 Å². The second-order valence-corrected chi connectivity index (χ2v) is 3.98. The highest BCUT2D eigenvalue weighted by Gasteiger charge is 2.44. The highest BCUT2D eigenvalue weighted by molar-refractivity contribution is 6.07. The molecule has 1 aliphatic heterocycles. The van der Waals surface area contributed by atoms with Crippen LogP contribution in [0.3, 0.4) is 0 Å². The monoisotopic (exact) mass is 201 g/mol. The lowest BCUT2D eigenvalue weighted by atomic mass is 9.94. The molecule has 15 heavy (non-hydrogen) atoms. The average molecular weight is 201 g/mol. The number of hydrogen-bond acceptors (Lipinski definition) is 3. The Morgan fingerprint density at radius 2 is 2.07 bits per heavy atom. The Bertz CT molecular complexity index is 425. The summed E-state index contributed by atoms with van der Waals surface area (Å²) < 4.78 is 0. The Balaban J connectivity index is 1.94. The second kappa shape index (κ2) is 3.19. The predicted octanol–water partition coefficient (Wildman–Crippen LogP) is 1.77. The van der Waals surface area contributed by atoms with E-state index in [1.54, 1.807) is 0 Å². The molecule has 3 heteroatoms. The quantitative estimate of drug-likeness (QED) is 0.694. The normalized spacial score (nSPS) is 28.5. The van der Waals surface area contributed by atoms with E-state index in [9.17, 15) is 4.79 Å². The molecule has 1 aromatic carbocycles. The Labute approximate surface area is 87.7 Å². The van der Waals surface area contributed by atoms with E-state index in [4.69, 9.17) is 4.84 Å². The van der Waals surface area contributed by atoms with Crippen LogP contribution in [-0.2, 0) is 9.63 Å². The molecule has 0 bridgehead atoms. The SMILES string of the molecule is O=C1CC[C@@H]2C(c3ccccc3)=NO[C@H]12. The molecule has 0 aromatic heterocycles. The van der Waals surface area contributed by atoms with Crippen LogP contribution in [0.1, 0.15) is 18.4 Å². The van der Waals surface area contributed by atoms with E-state index in [0.29, 0.717) is 6.42 Å². The Kier molecular flexibility index (Phi) is 1.84. The summed E-state index contributed by atoms with van der Waals surface area (Å²) in [4.78, 5) is 16.6. The minimum atomic E-state index is -0.305. The Morgan fingerprint density at radius 3 is 2.87 bits per heavy atom. The third-order valence-electron chi connectivity index (χ3n) is 3.07. The van der Waals surface area contributed by atoms with E-state index in [0.717, 1.165) is 17.7 Å². The van der Waals surface area contributed by atoms with Crippen LogP contribution < -0.4 is 0 Å². The molecule has 76 valence electrons. The van der Waals surface area contributed by atoms with Crippen molar-refractivity contribution < 1.29 is 9.63 Å². The fraction of sp³-hybridized carbons (Fsp3) is 0.333. The van der Waals surface area contributed by atoms with Gasteiger partial charge < -0.3 is 4.84 Å². The van der Waals surface area contributed by atoms with Crippen molar-refractivity contribution in [2.75, 3.05) is 0 Å².